The van der Waals surface area contributed by atoms with E-state index in [0.717, 1.165) is 35.2 Å². The fourth-order valence-electron chi connectivity index (χ4n) is 4.86. The van der Waals surface area contributed by atoms with Crippen LogP contribution in [0.3, 0.4) is 0 Å². The summed E-state index contributed by atoms with van der Waals surface area (Å²) in [5, 5.41) is 1.03. The van der Waals surface area contributed by atoms with Crippen LogP contribution < -0.4 is 10.9 Å². The lowest BCUT2D eigenvalue weighted by Gasteiger charge is -2.49. The molecule has 3 aliphatic carbocycles. The number of furan rings is 1. The number of aryl methyl sites for hydroxylation is 1. The number of pyridine rings is 1. The number of aliphatic imine (C=N–C) groups is 1. The molecule has 2 aromatic rings. The summed E-state index contributed by atoms with van der Waals surface area (Å²) in [6.45, 7) is 1.94. The minimum atomic E-state index is 0.228. The number of rotatable bonds is 1. The van der Waals surface area contributed by atoms with Gasteiger partial charge in [-0.15, -0.1) is 0 Å². The molecule has 3 heterocycles. The summed E-state index contributed by atoms with van der Waals surface area (Å²) < 4.78 is 5.61. The van der Waals surface area contributed by atoms with Crippen molar-refractivity contribution < 1.29 is 4.42 Å². The Morgan fingerprint density at radius 3 is 2.91 bits per heavy atom. The molecular weight excluding hydrogens is 288 g/mol. The molecule has 1 unspecified atom stereocenters. The van der Waals surface area contributed by atoms with Crippen LogP contribution in [0.25, 0.3) is 11.1 Å². The Kier molecular flexibility index (Phi) is 2.83. The molecular formula is C18H22N4O. The van der Waals surface area contributed by atoms with Crippen molar-refractivity contribution in [1.29, 1.82) is 0 Å². The summed E-state index contributed by atoms with van der Waals surface area (Å²) in [6.07, 6.45) is 7.83. The second-order valence-corrected chi connectivity index (χ2v) is 7.48. The molecule has 0 amide bonds. The first-order valence-corrected chi connectivity index (χ1v) is 8.68. The Morgan fingerprint density at radius 2 is 2.13 bits per heavy atom. The van der Waals surface area contributed by atoms with Crippen LogP contribution in [-0.4, -0.2) is 16.4 Å². The first-order chi connectivity index (χ1) is 11.2. The topological polar surface area (TPSA) is 62.5 Å². The van der Waals surface area contributed by atoms with Crippen molar-refractivity contribution in [3.05, 3.63) is 24.0 Å². The fourth-order valence-corrected chi connectivity index (χ4v) is 4.86. The lowest BCUT2D eigenvalue weighted by Crippen LogP contribution is -2.55. The molecule has 6 rings (SSSR count). The SMILES string of the molecule is Cc1cc2ccc(N=C3CC4(CC5CCC4CC5)NN3)nc2o1. The van der Waals surface area contributed by atoms with Crippen LogP contribution in [0.5, 0.6) is 0 Å². The number of nitrogens with one attached hydrogen (secondary N) is 2. The Labute approximate surface area is 135 Å². The van der Waals surface area contributed by atoms with E-state index in [1.165, 1.54) is 32.1 Å². The van der Waals surface area contributed by atoms with Crippen molar-refractivity contribution in [3.63, 3.8) is 0 Å². The second-order valence-electron chi connectivity index (χ2n) is 7.48. The molecule has 5 nitrogen and oxygen atoms in total. The van der Waals surface area contributed by atoms with Gasteiger partial charge in [0.25, 0.3) is 0 Å². The van der Waals surface area contributed by atoms with Crippen molar-refractivity contribution >= 4 is 22.8 Å². The summed E-state index contributed by atoms with van der Waals surface area (Å²) >= 11 is 0. The maximum Gasteiger partial charge on any atom is 0.228 e. The highest BCUT2D eigenvalue weighted by Crippen LogP contribution is 2.49. The van der Waals surface area contributed by atoms with E-state index in [9.17, 15) is 0 Å². The Hall–Kier alpha value is -1.88. The van der Waals surface area contributed by atoms with Gasteiger partial charge >= 0.3 is 0 Å². The Morgan fingerprint density at radius 1 is 1.26 bits per heavy atom. The maximum absolute atomic E-state index is 5.61. The third-order valence-electron chi connectivity index (χ3n) is 5.96. The normalized spacial score (nSPS) is 34.6. The predicted octanol–water partition coefficient (Wildman–Crippen LogP) is 3.61. The van der Waals surface area contributed by atoms with Gasteiger partial charge in [-0.2, -0.15) is 4.98 Å². The molecule has 120 valence electrons. The van der Waals surface area contributed by atoms with Gasteiger partial charge in [-0.05, 0) is 56.2 Å². The van der Waals surface area contributed by atoms with E-state index in [4.69, 9.17) is 9.41 Å². The number of hydrogen-bond donors (Lipinski definition) is 2. The zero-order valence-corrected chi connectivity index (χ0v) is 13.4. The number of hydrogen-bond acceptors (Lipinski definition) is 4. The number of aromatic nitrogens is 1. The average molecular weight is 310 g/mol. The van der Waals surface area contributed by atoms with Gasteiger partial charge < -0.3 is 9.84 Å². The van der Waals surface area contributed by atoms with Gasteiger partial charge in [0.2, 0.25) is 5.71 Å². The number of amidine groups is 1. The molecule has 3 saturated carbocycles. The van der Waals surface area contributed by atoms with E-state index in [-0.39, 0.29) is 5.54 Å². The predicted molar refractivity (Wildman–Crippen MR) is 89.5 cm³/mol. The molecule has 0 aromatic carbocycles. The number of nitrogens with zero attached hydrogens (tertiary/aromatic N) is 2. The zero-order valence-electron chi connectivity index (χ0n) is 13.4. The van der Waals surface area contributed by atoms with Gasteiger partial charge in [-0.3, -0.25) is 0 Å². The van der Waals surface area contributed by atoms with Gasteiger partial charge in [-0.25, -0.2) is 10.4 Å². The molecule has 5 heteroatoms. The summed E-state index contributed by atoms with van der Waals surface area (Å²) in [5.74, 6) is 4.29. The zero-order chi connectivity index (χ0) is 15.4. The largest absolute Gasteiger partial charge is 0.443 e. The van der Waals surface area contributed by atoms with Crippen molar-refractivity contribution in [2.75, 3.05) is 0 Å². The molecule has 2 bridgehead atoms. The minimum absolute atomic E-state index is 0.228. The van der Waals surface area contributed by atoms with Crippen molar-refractivity contribution in [1.82, 2.24) is 15.8 Å². The molecule has 1 aliphatic heterocycles. The molecule has 0 radical (unpaired) electrons. The van der Waals surface area contributed by atoms with Crippen LogP contribution in [0.15, 0.2) is 27.6 Å². The first kappa shape index (κ1) is 13.5. The van der Waals surface area contributed by atoms with Crippen molar-refractivity contribution in [3.8, 4) is 0 Å². The van der Waals surface area contributed by atoms with Crippen LogP contribution in [0, 0.1) is 18.8 Å². The standard InChI is InChI=1S/C18H22N4O/c1-11-8-13-4-7-15(20-17(13)23-11)19-16-10-18(22-21-16)9-12-2-5-14(18)6-3-12/h4,7-8,12,14,22H,2-3,5-6,9-10H2,1H3,(H,19,20,21). The van der Waals surface area contributed by atoms with Gasteiger partial charge in [0.1, 0.15) is 11.6 Å². The number of fused-ring (bicyclic) bond motifs is 3. The third kappa shape index (κ3) is 2.17. The molecule has 2 N–H and O–H groups in total. The Bertz CT molecular complexity index is 787. The lowest BCUT2D eigenvalue weighted by molar-refractivity contribution is 0.0523. The van der Waals surface area contributed by atoms with Crippen LogP contribution >= 0.6 is 0 Å². The minimum Gasteiger partial charge on any atom is -0.443 e. The smallest absolute Gasteiger partial charge is 0.228 e. The first-order valence-electron chi connectivity index (χ1n) is 8.68. The molecule has 1 spiro atoms. The maximum atomic E-state index is 5.61. The Balaban J connectivity index is 1.42. The molecule has 4 fully saturated rings. The highest BCUT2D eigenvalue weighted by Gasteiger charge is 2.50. The molecule has 23 heavy (non-hydrogen) atoms. The summed E-state index contributed by atoms with van der Waals surface area (Å²) in [6, 6.07) is 5.99. The molecule has 1 atom stereocenters. The van der Waals surface area contributed by atoms with E-state index >= 15 is 0 Å². The van der Waals surface area contributed by atoms with Crippen molar-refractivity contribution in [2.45, 2.75) is 51.0 Å². The van der Waals surface area contributed by atoms with Gasteiger partial charge in [0.05, 0.1) is 0 Å². The quantitative estimate of drug-likeness (QED) is 0.844. The second kappa shape index (κ2) is 4.81. The van der Waals surface area contributed by atoms with E-state index in [2.05, 4.69) is 15.8 Å². The van der Waals surface area contributed by atoms with E-state index in [1.54, 1.807) is 0 Å². The lowest BCUT2D eigenvalue weighted by atomic mass is 9.60. The van der Waals surface area contributed by atoms with E-state index < -0.39 is 0 Å². The highest BCUT2D eigenvalue weighted by molar-refractivity contribution is 5.87. The highest BCUT2D eigenvalue weighted by atomic mass is 16.3. The monoisotopic (exact) mass is 310 g/mol. The summed E-state index contributed by atoms with van der Waals surface area (Å²) in [5.41, 5.74) is 7.81. The van der Waals surface area contributed by atoms with Crippen LogP contribution in [-0.2, 0) is 0 Å². The summed E-state index contributed by atoms with van der Waals surface area (Å²) in [4.78, 5) is 9.24. The molecule has 4 aliphatic rings. The molecule has 1 saturated heterocycles. The van der Waals surface area contributed by atoms with Crippen LogP contribution in [0.4, 0.5) is 5.82 Å². The third-order valence-corrected chi connectivity index (χ3v) is 5.96. The van der Waals surface area contributed by atoms with E-state index in [1.807, 2.05) is 25.1 Å². The van der Waals surface area contributed by atoms with Crippen LogP contribution in [0.1, 0.15) is 44.3 Å². The summed E-state index contributed by atoms with van der Waals surface area (Å²) in [7, 11) is 0. The van der Waals surface area contributed by atoms with E-state index in [0.29, 0.717) is 11.5 Å². The van der Waals surface area contributed by atoms with Crippen molar-refractivity contribution in [2.24, 2.45) is 16.8 Å². The number of hydrazine groups is 1. The fraction of sp³-hybridized carbons (Fsp3) is 0.556. The van der Waals surface area contributed by atoms with Gasteiger partial charge in [0, 0.05) is 17.3 Å². The van der Waals surface area contributed by atoms with Crippen LogP contribution in [0.2, 0.25) is 0 Å². The van der Waals surface area contributed by atoms with Gasteiger partial charge in [-0.1, -0.05) is 12.8 Å². The van der Waals surface area contributed by atoms with Gasteiger partial charge in [0.15, 0.2) is 5.82 Å². The average Bonchev–Trinajstić information content (AvgIpc) is 3.11. The molecule has 2 aromatic heterocycles.